The highest BCUT2D eigenvalue weighted by molar-refractivity contribution is 6.57. The molecule has 0 amide bonds. The van der Waals surface area contributed by atoms with E-state index < -0.39 is 26.4 Å². The summed E-state index contributed by atoms with van der Waals surface area (Å²) in [6.07, 6.45) is 1.37. The Morgan fingerprint density at radius 1 is 0.769 bits per heavy atom. The first kappa shape index (κ1) is 24.6. The molecule has 0 atom stereocenters. The largest absolute Gasteiger partial charge is 0.301 e. The average molecular weight is 416 g/mol. The van der Waals surface area contributed by atoms with Crippen LogP contribution in [-0.4, -0.2) is 93.2 Å². The van der Waals surface area contributed by atoms with Gasteiger partial charge >= 0.3 is 0 Å². The van der Waals surface area contributed by atoms with Crippen molar-refractivity contribution in [1.29, 1.82) is 0 Å². The molecule has 0 N–H and O–H groups in total. The molecule has 0 bridgehead atoms. The summed E-state index contributed by atoms with van der Waals surface area (Å²) in [6, 6.07) is 3.12. The Labute approximate surface area is 170 Å². The standard InChI is InChI=1S/C20H49N3Si3/c1-19(2)13-23(18-26(7)8)17-22-11-9-21(10-12-22)14-20(15-24(3)4)16-25(5)6/h19-20,24-26H,9-18H2,1-8H3. The fourth-order valence-corrected chi connectivity index (χ4v) is 9.59. The quantitative estimate of drug-likeness (QED) is 0.453. The number of hydrogen-bond acceptors (Lipinski definition) is 3. The second kappa shape index (κ2) is 12.9. The lowest BCUT2D eigenvalue weighted by atomic mass is 10.2. The molecule has 1 heterocycles. The summed E-state index contributed by atoms with van der Waals surface area (Å²) < 4.78 is 0. The van der Waals surface area contributed by atoms with Gasteiger partial charge in [-0.25, -0.2) is 0 Å². The highest BCUT2D eigenvalue weighted by Crippen LogP contribution is 2.18. The predicted octanol–water partition coefficient (Wildman–Crippen LogP) is 3.14. The average Bonchev–Trinajstić information content (AvgIpc) is 2.46. The van der Waals surface area contributed by atoms with Crippen LogP contribution in [0.5, 0.6) is 0 Å². The molecule has 1 aliphatic heterocycles. The van der Waals surface area contributed by atoms with Gasteiger partial charge in [0.05, 0.1) is 6.67 Å². The Balaban J connectivity index is 2.43. The van der Waals surface area contributed by atoms with Crippen LogP contribution in [0.25, 0.3) is 0 Å². The second-order valence-corrected chi connectivity index (χ2v) is 20.2. The van der Waals surface area contributed by atoms with E-state index in [0.29, 0.717) is 0 Å². The van der Waals surface area contributed by atoms with E-state index in [-0.39, 0.29) is 0 Å². The van der Waals surface area contributed by atoms with Gasteiger partial charge in [-0.15, -0.1) is 0 Å². The zero-order chi connectivity index (χ0) is 19.7. The van der Waals surface area contributed by atoms with Gasteiger partial charge < -0.3 is 4.90 Å². The molecule has 26 heavy (non-hydrogen) atoms. The van der Waals surface area contributed by atoms with Crippen molar-refractivity contribution in [2.24, 2.45) is 11.8 Å². The van der Waals surface area contributed by atoms with Gasteiger partial charge in [-0.3, -0.25) is 9.80 Å². The van der Waals surface area contributed by atoms with Crippen molar-refractivity contribution in [3.8, 4) is 0 Å². The van der Waals surface area contributed by atoms with Gasteiger partial charge in [-0.05, 0) is 18.0 Å². The third-order valence-electron chi connectivity index (χ3n) is 5.24. The second-order valence-electron chi connectivity index (χ2n) is 10.5. The lowest BCUT2D eigenvalue weighted by Gasteiger charge is -2.39. The molecule has 0 spiro atoms. The Kier molecular flexibility index (Phi) is 12.2. The lowest BCUT2D eigenvalue weighted by Crippen LogP contribution is -2.52. The van der Waals surface area contributed by atoms with E-state index in [4.69, 9.17) is 0 Å². The Bertz CT molecular complexity index is 302. The first-order valence-corrected chi connectivity index (χ1v) is 20.7. The van der Waals surface area contributed by atoms with E-state index in [1.54, 1.807) is 12.1 Å². The minimum Gasteiger partial charge on any atom is -0.301 e. The molecule has 1 rings (SSSR count). The summed E-state index contributed by atoms with van der Waals surface area (Å²) in [5.74, 6) is 1.79. The molecule has 0 aliphatic carbocycles. The van der Waals surface area contributed by atoms with E-state index in [0.717, 1.165) is 11.8 Å². The molecular formula is C20H49N3Si3. The highest BCUT2D eigenvalue weighted by atomic mass is 28.3. The molecule has 3 nitrogen and oxygen atoms in total. The SMILES string of the molecule is CC(C)CN(CN1CCN(CC(C[SiH](C)C)C[SiH](C)C)CC1)C[SiH](C)C. The normalized spacial score (nSPS) is 17.8. The van der Waals surface area contributed by atoms with Crippen LogP contribution >= 0.6 is 0 Å². The van der Waals surface area contributed by atoms with Gasteiger partial charge in [0.1, 0.15) is 0 Å². The summed E-state index contributed by atoms with van der Waals surface area (Å²) in [6.45, 7) is 28.9. The Hall–Kier alpha value is 0.531. The van der Waals surface area contributed by atoms with E-state index in [1.165, 1.54) is 52.1 Å². The van der Waals surface area contributed by atoms with Gasteiger partial charge in [-0.2, -0.15) is 0 Å². The predicted molar refractivity (Wildman–Crippen MR) is 129 cm³/mol. The maximum absolute atomic E-state index is 2.79. The molecule has 0 unspecified atom stereocenters. The van der Waals surface area contributed by atoms with Crippen molar-refractivity contribution in [3.63, 3.8) is 0 Å². The third-order valence-corrected chi connectivity index (χ3v) is 9.70. The smallest absolute Gasteiger partial charge is 0.0504 e. The van der Waals surface area contributed by atoms with Crippen molar-refractivity contribution in [3.05, 3.63) is 0 Å². The fraction of sp³-hybridized carbons (Fsp3) is 1.00. The molecule has 0 aromatic heterocycles. The minimum absolute atomic E-state index is 0.437. The molecular weight excluding hydrogens is 366 g/mol. The van der Waals surface area contributed by atoms with Crippen molar-refractivity contribution in [2.75, 3.05) is 52.1 Å². The molecule has 6 heteroatoms. The first-order chi connectivity index (χ1) is 12.2. The highest BCUT2D eigenvalue weighted by Gasteiger charge is 2.23. The van der Waals surface area contributed by atoms with Crippen molar-refractivity contribution in [1.82, 2.24) is 14.7 Å². The lowest BCUT2D eigenvalue weighted by molar-refractivity contribution is 0.0713. The van der Waals surface area contributed by atoms with Crippen LogP contribution in [0.4, 0.5) is 0 Å². The van der Waals surface area contributed by atoms with E-state index >= 15 is 0 Å². The Morgan fingerprint density at radius 2 is 1.27 bits per heavy atom. The maximum atomic E-state index is 2.79. The van der Waals surface area contributed by atoms with E-state index in [2.05, 4.69) is 67.8 Å². The van der Waals surface area contributed by atoms with Crippen LogP contribution in [0, 0.1) is 11.8 Å². The zero-order valence-electron chi connectivity index (χ0n) is 19.3. The van der Waals surface area contributed by atoms with Gasteiger partial charge in [0.15, 0.2) is 0 Å². The first-order valence-electron chi connectivity index (χ1n) is 11.3. The molecule has 0 aromatic carbocycles. The molecule has 1 aliphatic rings. The van der Waals surface area contributed by atoms with Crippen LogP contribution in [-0.2, 0) is 0 Å². The monoisotopic (exact) mass is 415 g/mol. The van der Waals surface area contributed by atoms with E-state index in [1.807, 2.05) is 0 Å². The molecule has 1 saturated heterocycles. The van der Waals surface area contributed by atoms with Crippen molar-refractivity contribution >= 4 is 26.4 Å². The summed E-state index contributed by atoms with van der Waals surface area (Å²) >= 11 is 0. The van der Waals surface area contributed by atoms with Crippen LogP contribution < -0.4 is 0 Å². The minimum atomic E-state index is -0.523. The number of rotatable bonds is 12. The van der Waals surface area contributed by atoms with Crippen LogP contribution in [0.3, 0.4) is 0 Å². The number of hydrogen-bond donors (Lipinski definition) is 0. The van der Waals surface area contributed by atoms with Gasteiger partial charge in [0.2, 0.25) is 0 Å². The van der Waals surface area contributed by atoms with Gasteiger partial charge in [-0.1, -0.05) is 65.2 Å². The molecule has 0 saturated carbocycles. The maximum Gasteiger partial charge on any atom is 0.0504 e. The van der Waals surface area contributed by atoms with Crippen LogP contribution in [0.15, 0.2) is 0 Å². The Morgan fingerprint density at radius 3 is 1.69 bits per heavy atom. The molecule has 1 fully saturated rings. The molecule has 156 valence electrons. The van der Waals surface area contributed by atoms with Crippen molar-refractivity contribution < 1.29 is 0 Å². The van der Waals surface area contributed by atoms with E-state index in [9.17, 15) is 0 Å². The molecule has 0 aromatic rings. The van der Waals surface area contributed by atoms with Crippen molar-refractivity contribution in [2.45, 2.75) is 65.2 Å². The van der Waals surface area contributed by atoms with Crippen LogP contribution in [0.1, 0.15) is 13.8 Å². The molecule has 0 radical (unpaired) electrons. The zero-order valence-corrected chi connectivity index (χ0v) is 22.8. The number of nitrogens with zero attached hydrogens (tertiary/aromatic N) is 3. The summed E-state index contributed by atoms with van der Waals surface area (Å²) in [7, 11) is -1.40. The number of piperazine rings is 1. The summed E-state index contributed by atoms with van der Waals surface area (Å²) in [5.41, 5.74) is 0. The third kappa shape index (κ3) is 11.4. The topological polar surface area (TPSA) is 9.72 Å². The van der Waals surface area contributed by atoms with Crippen LogP contribution in [0.2, 0.25) is 51.4 Å². The van der Waals surface area contributed by atoms with Gasteiger partial charge in [0.25, 0.3) is 0 Å². The van der Waals surface area contributed by atoms with Gasteiger partial charge in [0, 0.05) is 65.7 Å². The summed E-state index contributed by atoms with van der Waals surface area (Å²) in [4.78, 5) is 8.26. The summed E-state index contributed by atoms with van der Waals surface area (Å²) in [5, 5.41) is 0. The fourth-order valence-electron chi connectivity index (χ4n) is 4.56.